The number of amides is 1. The number of piperidine rings is 1. The molecule has 0 aromatic carbocycles. The van der Waals surface area contributed by atoms with Crippen molar-refractivity contribution in [2.75, 3.05) is 45.8 Å². The maximum atomic E-state index is 12.3. The van der Waals surface area contributed by atoms with E-state index >= 15 is 0 Å². The predicted molar refractivity (Wildman–Crippen MR) is 95.2 cm³/mol. The molecule has 1 aromatic heterocycles. The summed E-state index contributed by atoms with van der Waals surface area (Å²) >= 11 is 0. The largest absolute Gasteiger partial charge is 0.343 e. The molecule has 140 valence electrons. The smallest absolute Gasteiger partial charge is 0.243 e. The van der Waals surface area contributed by atoms with Crippen LogP contribution >= 0.6 is 0 Å². The number of piperazine rings is 1. The van der Waals surface area contributed by atoms with Gasteiger partial charge in [0, 0.05) is 58.7 Å². The van der Waals surface area contributed by atoms with Gasteiger partial charge in [-0.15, -0.1) is 0 Å². The molecule has 1 unspecified atom stereocenters. The summed E-state index contributed by atoms with van der Waals surface area (Å²) in [7, 11) is 0. The minimum absolute atomic E-state index is 0.157. The first-order valence-corrected chi connectivity index (χ1v) is 9.74. The minimum atomic E-state index is 0.157. The molecule has 0 aliphatic carbocycles. The Hall–Kier alpha value is -1.47. The number of aryl methyl sites for hydroxylation is 1. The Morgan fingerprint density at radius 2 is 1.84 bits per heavy atom. The van der Waals surface area contributed by atoms with Crippen LogP contribution in [0.3, 0.4) is 0 Å². The van der Waals surface area contributed by atoms with Gasteiger partial charge >= 0.3 is 0 Å². The summed E-state index contributed by atoms with van der Waals surface area (Å²) in [5.41, 5.74) is 0. The van der Waals surface area contributed by atoms with Crippen molar-refractivity contribution in [1.29, 1.82) is 0 Å². The summed E-state index contributed by atoms with van der Waals surface area (Å²) in [6, 6.07) is 0.157. The van der Waals surface area contributed by atoms with Gasteiger partial charge < -0.3 is 14.3 Å². The molecule has 3 rings (SSSR count). The van der Waals surface area contributed by atoms with Crippen LogP contribution in [0.2, 0.25) is 0 Å². The standard InChI is InChI=1S/C18H31N5O2/c1-3-16-19-18(25-20-16)15(2)22-13-11-21(12-14-22)10-7-17(24)23-8-5-4-6-9-23/h15H,3-14H2,1-2H3. The van der Waals surface area contributed by atoms with Gasteiger partial charge in [-0.3, -0.25) is 9.69 Å². The lowest BCUT2D eigenvalue weighted by molar-refractivity contribution is -0.132. The Morgan fingerprint density at radius 1 is 1.12 bits per heavy atom. The molecule has 2 fully saturated rings. The van der Waals surface area contributed by atoms with E-state index < -0.39 is 0 Å². The Bertz CT molecular complexity index is 547. The van der Waals surface area contributed by atoms with Crippen LogP contribution in [0.4, 0.5) is 0 Å². The van der Waals surface area contributed by atoms with E-state index in [2.05, 4.69) is 26.9 Å². The van der Waals surface area contributed by atoms with E-state index in [-0.39, 0.29) is 6.04 Å². The second-order valence-electron chi connectivity index (χ2n) is 7.15. The summed E-state index contributed by atoms with van der Waals surface area (Å²) < 4.78 is 5.38. The zero-order chi connectivity index (χ0) is 17.6. The van der Waals surface area contributed by atoms with Crippen molar-refractivity contribution in [2.45, 2.75) is 52.0 Å². The SMILES string of the molecule is CCc1noc(C(C)N2CCN(CCC(=O)N3CCCCC3)CC2)n1. The number of rotatable bonds is 6. The fourth-order valence-electron chi connectivity index (χ4n) is 3.67. The van der Waals surface area contributed by atoms with Crippen LogP contribution in [0.1, 0.15) is 57.3 Å². The molecule has 2 aliphatic rings. The van der Waals surface area contributed by atoms with Crippen molar-refractivity contribution in [3.8, 4) is 0 Å². The molecule has 7 heteroatoms. The quantitative estimate of drug-likeness (QED) is 0.779. The van der Waals surface area contributed by atoms with E-state index in [1.54, 1.807) is 0 Å². The van der Waals surface area contributed by atoms with Gasteiger partial charge in [0.15, 0.2) is 5.82 Å². The van der Waals surface area contributed by atoms with Crippen LogP contribution in [0.5, 0.6) is 0 Å². The van der Waals surface area contributed by atoms with Crippen LogP contribution in [-0.4, -0.2) is 76.6 Å². The molecule has 0 spiro atoms. The number of carbonyl (C=O) groups excluding carboxylic acids is 1. The highest BCUT2D eigenvalue weighted by atomic mass is 16.5. The van der Waals surface area contributed by atoms with Crippen LogP contribution in [-0.2, 0) is 11.2 Å². The number of likely N-dealkylation sites (tertiary alicyclic amines) is 1. The third-order valence-corrected chi connectivity index (χ3v) is 5.46. The number of hydrogen-bond acceptors (Lipinski definition) is 6. The van der Waals surface area contributed by atoms with E-state index in [0.29, 0.717) is 18.2 Å². The molecule has 1 amide bonds. The first-order chi connectivity index (χ1) is 12.2. The number of carbonyl (C=O) groups is 1. The van der Waals surface area contributed by atoms with Crippen LogP contribution in [0, 0.1) is 0 Å². The van der Waals surface area contributed by atoms with Gasteiger partial charge in [-0.25, -0.2) is 0 Å². The van der Waals surface area contributed by atoms with Crippen molar-refractivity contribution < 1.29 is 9.32 Å². The second kappa shape index (κ2) is 8.76. The molecule has 0 N–H and O–H groups in total. The highest BCUT2D eigenvalue weighted by Gasteiger charge is 2.26. The van der Waals surface area contributed by atoms with Gasteiger partial charge in [-0.1, -0.05) is 12.1 Å². The Labute approximate surface area is 150 Å². The zero-order valence-corrected chi connectivity index (χ0v) is 15.6. The molecular formula is C18H31N5O2. The van der Waals surface area contributed by atoms with Gasteiger partial charge in [0.1, 0.15) is 0 Å². The molecule has 25 heavy (non-hydrogen) atoms. The monoisotopic (exact) mass is 349 g/mol. The lowest BCUT2D eigenvalue weighted by Crippen LogP contribution is -2.48. The predicted octanol–water partition coefficient (Wildman–Crippen LogP) is 1.71. The summed E-state index contributed by atoms with van der Waals surface area (Å²) in [6.45, 7) is 10.9. The van der Waals surface area contributed by atoms with E-state index in [1.807, 2.05) is 11.8 Å². The lowest BCUT2D eigenvalue weighted by atomic mass is 10.1. The first kappa shape index (κ1) is 18.3. The van der Waals surface area contributed by atoms with E-state index in [1.165, 1.54) is 6.42 Å². The molecule has 1 atom stereocenters. The Morgan fingerprint density at radius 3 is 2.48 bits per heavy atom. The Balaban J connectivity index is 1.40. The molecular weight excluding hydrogens is 318 g/mol. The fraction of sp³-hybridized carbons (Fsp3) is 0.833. The lowest BCUT2D eigenvalue weighted by Gasteiger charge is -2.37. The summed E-state index contributed by atoms with van der Waals surface area (Å²) in [5, 5.41) is 3.99. The van der Waals surface area contributed by atoms with Crippen LogP contribution in [0.25, 0.3) is 0 Å². The van der Waals surface area contributed by atoms with Crippen molar-refractivity contribution in [1.82, 2.24) is 24.8 Å². The normalized spacial score (nSPS) is 21.4. The first-order valence-electron chi connectivity index (χ1n) is 9.74. The van der Waals surface area contributed by atoms with Gasteiger partial charge in [-0.05, 0) is 26.2 Å². The van der Waals surface area contributed by atoms with Crippen molar-refractivity contribution in [3.05, 3.63) is 11.7 Å². The molecule has 7 nitrogen and oxygen atoms in total. The average molecular weight is 349 g/mol. The van der Waals surface area contributed by atoms with Gasteiger partial charge in [0.25, 0.3) is 0 Å². The van der Waals surface area contributed by atoms with E-state index in [0.717, 1.165) is 70.9 Å². The summed E-state index contributed by atoms with van der Waals surface area (Å²) in [6.07, 6.45) is 5.05. The van der Waals surface area contributed by atoms with Gasteiger partial charge in [0.2, 0.25) is 11.8 Å². The molecule has 0 radical (unpaired) electrons. The van der Waals surface area contributed by atoms with Crippen molar-refractivity contribution >= 4 is 5.91 Å². The maximum Gasteiger partial charge on any atom is 0.243 e. The highest BCUT2D eigenvalue weighted by Crippen LogP contribution is 2.20. The zero-order valence-electron chi connectivity index (χ0n) is 15.6. The number of nitrogens with zero attached hydrogens (tertiary/aromatic N) is 5. The van der Waals surface area contributed by atoms with Crippen molar-refractivity contribution in [2.24, 2.45) is 0 Å². The third kappa shape index (κ3) is 4.79. The summed E-state index contributed by atoms with van der Waals surface area (Å²) in [4.78, 5) is 23.6. The highest BCUT2D eigenvalue weighted by molar-refractivity contribution is 5.76. The molecule has 0 saturated carbocycles. The number of aromatic nitrogens is 2. The minimum Gasteiger partial charge on any atom is -0.343 e. The van der Waals surface area contributed by atoms with Gasteiger partial charge in [-0.2, -0.15) is 4.98 Å². The molecule has 2 saturated heterocycles. The van der Waals surface area contributed by atoms with E-state index in [9.17, 15) is 4.79 Å². The molecule has 3 heterocycles. The van der Waals surface area contributed by atoms with Crippen LogP contribution < -0.4 is 0 Å². The molecule has 2 aliphatic heterocycles. The van der Waals surface area contributed by atoms with E-state index in [4.69, 9.17) is 4.52 Å². The van der Waals surface area contributed by atoms with Crippen LogP contribution in [0.15, 0.2) is 4.52 Å². The van der Waals surface area contributed by atoms with Gasteiger partial charge in [0.05, 0.1) is 6.04 Å². The Kier molecular flexibility index (Phi) is 6.42. The third-order valence-electron chi connectivity index (χ3n) is 5.46. The molecule has 1 aromatic rings. The topological polar surface area (TPSA) is 65.7 Å². The maximum absolute atomic E-state index is 12.3. The summed E-state index contributed by atoms with van der Waals surface area (Å²) in [5.74, 6) is 1.82. The molecule has 0 bridgehead atoms. The number of hydrogen-bond donors (Lipinski definition) is 0. The van der Waals surface area contributed by atoms with Crippen molar-refractivity contribution in [3.63, 3.8) is 0 Å². The second-order valence-corrected chi connectivity index (χ2v) is 7.15. The average Bonchev–Trinajstić information content (AvgIpc) is 3.16. The fourth-order valence-corrected chi connectivity index (χ4v) is 3.67.